The Bertz CT molecular complexity index is 522. The van der Waals surface area contributed by atoms with E-state index in [4.69, 9.17) is 5.73 Å². The first-order chi connectivity index (χ1) is 7.97. The van der Waals surface area contributed by atoms with Crippen molar-refractivity contribution in [3.63, 3.8) is 0 Å². The molecule has 0 radical (unpaired) electrons. The molecule has 0 atom stereocenters. The van der Waals surface area contributed by atoms with Gasteiger partial charge in [0, 0.05) is 0 Å². The zero-order valence-electron chi connectivity index (χ0n) is 8.45. The van der Waals surface area contributed by atoms with Crippen LogP contribution in [0.4, 0.5) is 29.0 Å². The minimum absolute atomic E-state index is 0.0330. The van der Waals surface area contributed by atoms with Gasteiger partial charge in [0.05, 0.1) is 17.4 Å². The lowest BCUT2D eigenvalue weighted by Crippen LogP contribution is -2.08. The number of hydrogen-bond donors (Lipinski definition) is 2. The number of halogens is 3. The Labute approximate surface area is 99.1 Å². The van der Waals surface area contributed by atoms with Crippen molar-refractivity contribution in [2.24, 2.45) is 0 Å². The second-order valence-electron chi connectivity index (χ2n) is 3.24. The second-order valence-corrected chi connectivity index (χ2v) is 4.30. The van der Waals surface area contributed by atoms with Crippen LogP contribution in [0.2, 0.25) is 0 Å². The maximum atomic E-state index is 12.7. The van der Waals surface area contributed by atoms with Gasteiger partial charge in [0.1, 0.15) is 5.00 Å². The van der Waals surface area contributed by atoms with E-state index in [2.05, 4.69) is 10.3 Å². The van der Waals surface area contributed by atoms with E-state index in [1.54, 1.807) is 0 Å². The number of rotatable bonds is 2. The average Bonchev–Trinajstić information content (AvgIpc) is 2.63. The minimum Gasteiger partial charge on any atom is -0.389 e. The molecule has 0 saturated heterocycles. The Balaban J connectivity index is 2.33. The number of alkyl halides is 3. The summed E-state index contributed by atoms with van der Waals surface area (Å²) in [6.07, 6.45) is -3.00. The number of thiazole rings is 1. The van der Waals surface area contributed by atoms with Crippen LogP contribution in [0.5, 0.6) is 0 Å². The van der Waals surface area contributed by atoms with Crippen LogP contribution in [0.15, 0.2) is 30.5 Å². The number of nitrogens with zero attached hydrogens (tertiary/aromatic N) is 1. The van der Waals surface area contributed by atoms with Crippen molar-refractivity contribution < 1.29 is 13.2 Å². The predicted molar refractivity (Wildman–Crippen MR) is 61.3 cm³/mol. The van der Waals surface area contributed by atoms with Crippen molar-refractivity contribution in [1.82, 2.24) is 4.98 Å². The van der Waals surface area contributed by atoms with E-state index in [1.165, 1.54) is 24.4 Å². The number of hydrogen-bond acceptors (Lipinski definition) is 4. The molecule has 3 N–H and O–H groups in total. The van der Waals surface area contributed by atoms with E-state index in [-0.39, 0.29) is 5.69 Å². The van der Waals surface area contributed by atoms with Crippen molar-refractivity contribution >= 4 is 27.2 Å². The molecule has 0 spiro atoms. The van der Waals surface area contributed by atoms with Gasteiger partial charge in [0.2, 0.25) is 0 Å². The van der Waals surface area contributed by atoms with Crippen LogP contribution in [-0.4, -0.2) is 4.98 Å². The van der Waals surface area contributed by atoms with E-state index < -0.39 is 11.7 Å². The highest BCUT2D eigenvalue weighted by atomic mass is 32.1. The summed E-state index contributed by atoms with van der Waals surface area (Å²) in [5, 5.41) is 3.38. The van der Waals surface area contributed by atoms with E-state index >= 15 is 0 Å². The van der Waals surface area contributed by atoms with E-state index in [0.29, 0.717) is 10.1 Å². The van der Waals surface area contributed by atoms with Crippen molar-refractivity contribution in [2.45, 2.75) is 6.18 Å². The molecule has 1 aromatic heterocycles. The van der Waals surface area contributed by atoms with Crippen molar-refractivity contribution in [1.29, 1.82) is 0 Å². The van der Waals surface area contributed by atoms with Crippen LogP contribution in [0, 0.1) is 0 Å². The number of nitrogens with one attached hydrogen (secondary N) is 1. The minimum atomic E-state index is -4.40. The molecule has 2 rings (SSSR count). The normalized spacial score (nSPS) is 11.5. The summed E-state index contributed by atoms with van der Waals surface area (Å²) in [7, 11) is 0. The van der Waals surface area contributed by atoms with Gasteiger partial charge in [-0.25, -0.2) is 4.98 Å². The molecule has 1 aromatic carbocycles. The summed E-state index contributed by atoms with van der Waals surface area (Å²) < 4.78 is 38.0. The van der Waals surface area contributed by atoms with Crippen molar-refractivity contribution in [3.8, 4) is 0 Å². The summed E-state index contributed by atoms with van der Waals surface area (Å²) in [6, 6.07) is 5.22. The zero-order chi connectivity index (χ0) is 12.5. The molecule has 2 aromatic rings. The number of nitrogen functional groups attached to an aromatic ring is 1. The molecule has 0 bridgehead atoms. The van der Waals surface area contributed by atoms with Gasteiger partial charge in [0.15, 0.2) is 5.13 Å². The quantitative estimate of drug-likeness (QED) is 0.868. The van der Waals surface area contributed by atoms with E-state index in [1.807, 2.05) is 0 Å². The Morgan fingerprint density at radius 3 is 2.53 bits per heavy atom. The summed E-state index contributed by atoms with van der Waals surface area (Å²) in [5.41, 5.74) is 4.69. The van der Waals surface area contributed by atoms with Crippen LogP contribution >= 0.6 is 11.3 Å². The van der Waals surface area contributed by atoms with Gasteiger partial charge >= 0.3 is 6.18 Å². The fraction of sp³-hybridized carbons (Fsp3) is 0.100. The van der Waals surface area contributed by atoms with Gasteiger partial charge in [0.25, 0.3) is 0 Å². The lowest BCUT2D eigenvalue weighted by Gasteiger charge is -2.12. The number of anilines is 3. The highest BCUT2D eigenvalue weighted by Crippen LogP contribution is 2.36. The van der Waals surface area contributed by atoms with Gasteiger partial charge < -0.3 is 11.1 Å². The molecule has 0 aliphatic carbocycles. The molecule has 0 fully saturated rings. The first kappa shape index (κ1) is 11.7. The molecular formula is C10H8F3N3S. The average molecular weight is 259 g/mol. The van der Waals surface area contributed by atoms with E-state index in [0.717, 1.165) is 17.4 Å². The first-order valence-electron chi connectivity index (χ1n) is 4.61. The summed E-state index contributed by atoms with van der Waals surface area (Å²) in [5.74, 6) is 0. The topological polar surface area (TPSA) is 50.9 Å². The lowest BCUT2D eigenvalue weighted by atomic mass is 10.2. The maximum absolute atomic E-state index is 12.7. The molecule has 3 nitrogen and oxygen atoms in total. The summed E-state index contributed by atoms with van der Waals surface area (Å²) >= 11 is 1.09. The van der Waals surface area contributed by atoms with Gasteiger partial charge in [-0.15, -0.1) is 0 Å². The Morgan fingerprint density at radius 1 is 1.24 bits per heavy atom. The number of para-hydroxylation sites is 1. The Morgan fingerprint density at radius 2 is 1.94 bits per heavy atom. The maximum Gasteiger partial charge on any atom is 0.418 e. The lowest BCUT2D eigenvalue weighted by molar-refractivity contribution is -0.136. The summed E-state index contributed by atoms with van der Waals surface area (Å²) in [4.78, 5) is 3.85. The molecule has 17 heavy (non-hydrogen) atoms. The third-order valence-corrected chi connectivity index (χ3v) is 2.74. The SMILES string of the molecule is Nc1cnc(Nc2ccccc2C(F)(F)F)s1. The molecular weight excluding hydrogens is 251 g/mol. The van der Waals surface area contributed by atoms with Crippen LogP contribution in [0.25, 0.3) is 0 Å². The largest absolute Gasteiger partial charge is 0.418 e. The van der Waals surface area contributed by atoms with Gasteiger partial charge in [-0.3, -0.25) is 0 Å². The van der Waals surface area contributed by atoms with Crippen LogP contribution in [-0.2, 0) is 6.18 Å². The Hall–Kier alpha value is -1.76. The molecule has 0 unspecified atom stereocenters. The van der Waals surface area contributed by atoms with Gasteiger partial charge in [-0.2, -0.15) is 13.2 Å². The number of nitrogens with two attached hydrogens (primary N) is 1. The van der Waals surface area contributed by atoms with Crippen LogP contribution < -0.4 is 11.1 Å². The zero-order valence-corrected chi connectivity index (χ0v) is 9.27. The standard InChI is InChI=1S/C10H8F3N3S/c11-10(12,13)6-3-1-2-4-7(6)16-9-15-5-8(14)17-9/h1-5H,14H2,(H,15,16). The molecule has 1 heterocycles. The Kier molecular flexibility index (Phi) is 2.93. The monoisotopic (exact) mass is 259 g/mol. The molecule has 7 heteroatoms. The smallest absolute Gasteiger partial charge is 0.389 e. The summed E-state index contributed by atoms with van der Waals surface area (Å²) in [6.45, 7) is 0. The second kappa shape index (κ2) is 4.25. The molecule has 0 amide bonds. The van der Waals surface area contributed by atoms with Gasteiger partial charge in [-0.1, -0.05) is 23.5 Å². The molecule has 0 aliphatic rings. The molecule has 90 valence electrons. The third-order valence-electron chi connectivity index (χ3n) is 2.00. The molecule has 0 saturated carbocycles. The predicted octanol–water partition coefficient (Wildman–Crippen LogP) is 3.49. The third kappa shape index (κ3) is 2.68. The number of benzene rings is 1. The fourth-order valence-corrected chi connectivity index (χ4v) is 1.89. The van der Waals surface area contributed by atoms with Crippen molar-refractivity contribution in [2.75, 3.05) is 11.1 Å². The van der Waals surface area contributed by atoms with Gasteiger partial charge in [-0.05, 0) is 12.1 Å². The fourth-order valence-electron chi connectivity index (χ4n) is 1.30. The molecule has 0 aliphatic heterocycles. The van der Waals surface area contributed by atoms with Crippen molar-refractivity contribution in [3.05, 3.63) is 36.0 Å². The van der Waals surface area contributed by atoms with E-state index in [9.17, 15) is 13.2 Å². The van der Waals surface area contributed by atoms with Crippen LogP contribution in [0.1, 0.15) is 5.56 Å². The van der Waals surface area contributed by atoms with Crippen LogP contribution in [0.3, 0.4) is 0 Å². The highest BCUT2D eigenvalue weighted by molar-refractivity contribution is 7.19. The first-order valence-corrected chi connectivity index (χ1v) is 5.43. The highest BCUT2D eigenvalue weighted by Gasteiger charge is 2.33. The number of aromatic nitrogens is 1.